The molecule has 3 atom stereocenters. The quantitative estimate of drug-likeness (QED) is 0.729. The number of halogens is 2. The summed E-state index contributed by atoms with van der Waals surface area (Å²) in [4.78, 5) is 28.6. The fourth-order valence-corrected chi connectivity index (χ4v) is 5.01. The topological polar surface area (TPSA) is 77.0 Å². The van der Waals surface area contributed by atoms with Crippen LogP contribution >= 0.6 is 11.8 Å². The number of benzene rings is 2. The van der Waals surface area contributed by atoms with E-state index in [1.807, 2.05) is 0 Å². The van der Waals surface area contributed by atoms with Crippen molar-refractivity contribution in [1.82, 2.24) is 5.32 Å². The number of amidine groups is 1. The predicted octanol–water partition coefficient (Wildman–Crippen LogP) is 3.62. The molecule has 1 amide bonds. The first kappa shape index (κ1) is 21.5. The number of carbonyl (C=O) groups is 2. The van der Waals surface area contributed by atoms with Gasteiger partial charge in [-0.1, -0.05) is 36.0 Å². The van der Waals surface area contributed by atoms with Gasteiger partial charge in [-0.2, -0.15) is 0 Å². The molecule has 6 nitrogen and oxygen atoms in total. The fourth-order valence-electron chi connectivity index (χ4n) is 3.84. The Morgan fingerprint density at radius 3 is 2.71 bits per heavy atom. The lowest BCUT2D eigenvalue weighted by atomic mass is 9.76. The third-order valence-electron chi connectivity index (χ3n) is 5.32. The van der Waals surface area contributed by atoms with Gasteiger partial charge in [-0.25, -0.2) is 13.8 Å². The number of esters is 1. The van der Waals surface area contributed by atoms with Gasteiger partial charge in [-0.15, -0.1) is 0 Å². The van der Waals surface area contributed by atoms with Crippen molar-refractivity contribution in [2.24, 2.45) is 10.9 Å². The number of nitrogens with one attached hydrogen (secondary N) is 1. The molecule has 0 radical (unpaired) electrons. The highest BCUT2D eigenvalue weighted by Crippen LogP contribution is 2.47. The minimum Gasteiger partial charge on any atom is -0.436 e. The molecule has 31 heavy (non-hydrogen) atoms. The van der Waals surface area contributed by atoms with Crippen LogP contribution < -0.4 is 5.32 Å². The molecule has 2 aliphatic rings. The van der Waals surface area contributed by atoms with Crippen molar-refractivity contribution < 1.29 is 27.8 Å². The molecule has 0 unspecified atom stereocenters. The fraction of sp³-hybridized carbons (Fsp3) is 0.318. The third-order valence-corrected chi connectivity index (χ3v) is 6.35. The van der Waals surface area contributed by atoms with Gasteiger partial charge in [0.15, 0.2) is 5.17 Å². The standard InChI is InChI=1S/C22H20F2N2O4S/c1-13(27)30-19-9-15-11-31-21(25-20(28)14-5-3-2-4-6-14)26-22(15,12-29-19)17-8-7-16(23)10-18(17)24/h2-8,10,15,19H,9,11-12H2,1H3,(H,25,26,28)/t15-,19-,22-/m0/s1. The Kier molecular flexibility index (Phi) is 6.06. The lowest BCUT2D eigenvalue weighted by Gasteiger charge is -2.46. The number of hydrogen-bond donors (Lipinski definition) is 1. The van der Waals surface area contributed by atoms with Crippen molar-refractivity contribution in [2.75, 3.05) is 12.4 Å². The first-order valence-corrected chi connectivity index (χ1v) is 10.7. The Hall–Kier alpha value is -2.78. The smallest absolute Gasteiger partial charge is 0.304 e. The van der Waals surface area contributed by atoms with Gasteiger partial charge in [-0.05, 0) is 18.2 Å². The summed E-state index contributed by atoms with van der Waals surface area (Å²) in [5, 5.41) is 3.10. The van der Waals surface area contributed by atoms with E-state index in [1.54, 1.807) is 30.3 Å². The number of aliphatic imine (C=N–C) groups is 1. The van der Waals surface area contributed by atoms with Crippen LogP contribution in [0.3, 0.4) is 0 Å². The summed E-state index contributed by atoms with van der Waals surface area (Å²) in [7, 11) is 0. The number of hydrogen-bond acceptors (Lipinski definition) is 6. The number of fused-ring (bicyclic) bond motifs is 1. The van der Waals surface area contributed by atoms with Crippen molar-refractivity contribution in [3.8, 4) is 0 Å². The van der Waals surface area contributed by atoms with E-state index in [4.69, 9.17) is 14.5 Å². The second kappa shape index (κ2) is 8.76. The summed E-state index contributed by atoms with van der Waals surface area (Å²) in [6, 6.07) is 12.0. The largest absolute Gasteiger partial charge is 0.436 e. The molecule has 2 aliphatic heterocycles. The van der Waals surface area contributed by atoms with Crippen LogP contribution in [-0.2, 0) is 19.8 Å². The first-order chi connectivity index (χ1) is 14.9. The Bertz CT molecular complexity index is 1030. The summed E-state index contributed by atoms with van der Waals surface area (Å²) in [5.74, 6) is -2.04. The van der Waals surface area contributed by atoms with Crippen molar-refractivity contribution >= 4 is 28.8 Å². The zero-order valence-corrected chi connectivity index (χ0v) is 17.5. The monoisotopic (exact) mass is 446 g/mol. The summed E-state index contributed by atoms with van der Waals surface area (Å²) < 4.78 is 39.3. The summed E-state index contributed by atoms with van der Waals surface area (Å²) >= 11 is 1.32. The molecule has 0 spiro atoms. The van der Waals surface area contributed by atoms with Gasteiger partial charge in [-0.3, -0.25) is 9.59 Å². The highest BCUT2D eigenvalue weighted by molar-refractivity contribution is 8.13. The van der Waals surface area contributed by atoms with Gasteiger partial charge in [0.1, 0.15) is 17.2 Å². The van der Waals surface area contributed by atoms with E-state index in [0.29, 0.717) is 22.9 Å². The van der Waals surface area contributed by atoms with E-state index in [1.165, 1.54) is 30.8 Å². The van der Waals surface area contributed by atoms with Gasteiger partial charge in [0, 0.05) is 42.2 Å². The molecule has 1 fully saturated rings. The molecule has 2 aromatic carbocycles. The third kappa shape index (κ3) is 4.47. The molecule has 2 heterocycles. The molecule has 162 valence electrons. The van der Waals surface area contributed by atoms with Gasteiger partial charge < -0.3 is 14.8 Å². The molecule has 1 saturated heterocycles. The summed E-state index contributed by atoms with van der Waals surface area (Å²) in [6.45, 7) is 1.21. The highest BCUT2D eigenvalue weighted by Gasteiger charge is 2.50. The van der Waals surface area contributed by atoms with Crippen molar-refractivity contribution in [2.45, 2.75) is 25.2 Å². The Morgan fingerprint density at radius 1 is 1.23 bits per heavy atom. The normalized spacial score (nSPS) is 25.2. The maximum Gasteiger partial charge on any atom is 0.304 e. The molecule has 2 aromatic rings. The Balaban J connectivity index is 1.68. The predicted molar refractivity (Wildman–Crippen MR) is 111 cm³/mol. The number of rotatable bonds is 3. The maximum atomic E-state index is 14.8. The maximum absolute atomic E-state index is 14.8. The van der Waals surface area contributed by atoms with E-state index in [2.05, 4.69) is 5.32 Å². The van der Waals surface area contributed by atoms with Crippen LogP contribution in [0.15, 0.2) is 53.5 Å². The molecule has 0 saturated carbocycles. The number of amides is 1. The second-order valence-corrected chi connectivity index (χ2v) is 8.39. The van der Waals surface area contributed by atoms with Crippen molar-refractivity contribution in [1.29, 1.82) is 0 Å². The first-order valence-electron chi connectivity index (χ1n) is 9.71. The molecular formula is C22H20F2N2O4S. The molecule has 0 aromatic heterocycles. The average molecular weight is 446 g/mol. The minimum atomic E-state index is -1.18. The number of thioether (sulfide) groups is 1. The van der Waals surface area contributed by atoms with Gasteiger partial charge >= 0.3 is 5.97 Å². The van der Waals surface area contributed by atoms with E-state index in [0.717, 1.165) is 6.07 Å². The number of ether oxygens (including phenoxy) is 2. The van der Waals surface area contributed by atoms with E-state index in [9.17, 15) is 18.4 Å². The van der Waals surface area contributed by atoms with Gasteiger partial charge in [0.05, 0.1) is 6.61 Å². The van der Waals surface area contributed by atoms with Crippen LogP contribution in [0.2, 0.25) is 0 Å². The number of carbonyl (C=O) groups excluding carboxylic acids is 2. The van der Waals surface area contributed by atoms with E-state index < -0.39 is 29.4 Å². The molecule has 0 bridgehead atoms. The minimum absolute atomic E-state index is 0.0799. The van der Waals surface area contributed by atoms with Crippen molar-refractivity contribution in [3.05, 3.63) is 71.3 Å². The molecule has 9 heteroatoms. The SMILES string of the molecule is CC(=O)O[C@H]1C[C@H]2CSC(NC(=O)c3ccccc3)=N[C@@]2(c2ccc(F)cc2F)CO1. The zero-order chi connectivity index (χ0) is 22.0. The molecule has 4 rings (SSSR count). The highest BCUT2D eigenvalue weighted by atomic mass is 32.2. The summed E-state index contributed by atoms with van der Waals surface area (Å²) in [5.41, 5.74) is -0.546. The number of nitrogens with zero attached hydrogens (tertiary/aromatic N) is 1. The van der Waals surface area contributed by atoms with Crippen LogP contribution in [0.25, 0.3) is 0 Å². The van der Waals surface area contributed by atoms with E-state index >= 15 is 0 Å². The lowest BCUT2D eigenvalue weighted by molar-refractivity contribution is -0.201. The van der Waals surface area contributed by atoms with Gasteiger partial charge in [0.25, 0.3) is 5.91 Å². The Labute approximate surface area is 182 Å². The molecule has 1 N–H and O–H groups in total. The van der Waals surface area contributed by atoms with E-state index in [-0.39, 0.29) is 24.0 Å². The van der Waals surface area contributed by atoms with Crippen LogP contribution in [0.5, 0.6) is 0 Å². The summed E-state index contributed by atoms with van der Waals surface area (Å²) in [6.07, 6.45) is -0.470. The van der Waals surface area contributed by atoms with Gasteiger partial charge in [0.2, 0.25) is 6.29 Å². The molecule has 0 aliphatic carbocycles. The Morgan fingerprint density at radius 2 is 2.00 bits per heavy atom. The zero-order valence-electron chi connectivity index (χ0n) is 16.6. The average Bonchev–Trinajstić information content (AvgIpc) is 2.74. The van der Waals surface area contributed by atoms with Crippen LogP contribution in [0, 0.1) is 17.6 Å². The molecular weight excluding hydrogens is 426 g/mol. The lowest BCUT2D eigenvalue weighted by Crippen LogP contribution is -2.52. The second-order valence-electron chi connectivity index (χ2n) is 7.38. The van der Waals surface area contributed by atoms with Crippen LogP contribution in [-0.4, -0.2) is 35.7 Å². The van der Waals surface area contributed by atoms with Crippen LogP contribution in [0.4, 0.5) is 8.78 Å². The van der Waals surface area contributed by atoms with Crippen molar-refractivity contribution in [3.63, 3.8) is 0 Å². The van der Waals surface area contributed by atoms with Crippen LogP contribution in [0.1, 0.15) is 29.3 Å².